The highest BCUT2D eigenvalue weighted by Crippen LogP contribution is 2.05. The lowest BCUT2D eigenvalue weighted by molar-refractivity contribution is -0.445. The van der Waals surface area contributed by atoms with Crippen molar-refractivity contribution in [2.24, 2.45) is 0 Å². The minimum absolute atomic E-state index is 0.398. The molecular formula is C6H7N3O2. The van der Waals surface area contributed by atoms with Crippen LogP contribution in [0.25, 0.3) is 0 Å². The molecule has 0 saturated carbocycles. The van der Waals surface area contributed by atoms with E-state index in [2.05, 4.69) is 4.98 Å². The lowest BCUT2D eigenvalue weighted by atomic mass is 10.3. The SMILES string of the molecule is Cc1cncc(N[N+](=O)[O-])c1. The normalized spacial score (nSPS) is 9.18. The van der Waals surface area contributed by atoms with Crippen LogP contribution in [0, 0.1) is 17.0 Å². The number of hydrogen-bond donors (Lipinski definition) is 1. The topological polar surface area (TPSA) is 68.1 Å². The smallest absolute Gasteiger partial charge is 0.162 e. The summed E-state index contributed by atoms with van der Waals surface area (Å²) >= 11 is 0. The molecule has 0 saturated heterocycles. The Morgan fingerprint density at radius 3 is 2.91 bits per heavy atom. The number of nitro groups is 1. The summed E-state index contributed by atoms with van der Waals surface area (Å²) in [6, 6.07) is 1.65. The zero-order chi connectivity index (χ0) is 8.27. The molecule has 0 radical (unpaired) electrons. The Kier molecular flexibility index (Phi) is 2.00. The van der Waals surface area contributed by atoms with Crippen molar-refractivity contribution in [3.05, 3.63) is 34.1 Å². The lowest BCUT2D eigenvalue weighted by Crippen LogP contribution is -2.07. The van der Waals surface area contributed by atoms with Crippen LogP contribution in [0.2, 0.25) is 0 Å². The summed E-state index contributed by atoms with van der Waals surface area (Å²) in [6.07, 6.45) is 3.03. The highest BCUT2D eigenvalue weighted by atomic mass is 16.7. The molecule has 0 aliphatic carbocycles. The fourth-order valence-corrected chi connectivity index (χ4v) is 0.722. The van der Waals surface area contributed by atoms with Crippen LogP contribution in [0.1, 0.15) is 5.56 Å². The van der Waals surface area contributed by atoms with Gasteiger partial charge in [-0.3, -0.25) is 4.98 Å². The third kappa shape index (κ3) is 2.21. The Morgan fingerprint density at radius 2 is 2.36 bits per heavy atom. The fourth-order valence-electron chi connectivity index (χ4n) is 0.722. The van der Waals surface area contributed by atoms with Gasteiger partial charge in [0, 0.05) is 6.20 Å². The van der Waals surface area contributed by atoms with Crippen molar-refractivity contribution in [2.75, 3.05) is 5.43 Å². The first-order chi connectivity index (χ1) is 5.18. The summed E-state index contributed by atoms with van der Waals surface area (Å²) in [5.74, 6) is 0. The molecule has 0 aliphatic rings. The predicted octanol–water partition coefficient (Wildman–Crippen LogP) is 0.994. The van der Waals surface area contributed by atoms with E-state index in [-0.39, 0.29) is 0 Å². The van der Waals surface area contributed by atoms with Crippen molar-refractivity contribution in [1.82, 2.24) is 4.98 Å². The number of pyridine rings is 1. The molecule has 5 nitrogen and oxygen atoms in total. The van der Waals surface area contributed by atoms with E-state index >= 15 is 0 Å². The van der Waals surface area contributed by atoms with Crippen LogP contribution >= 0.6 is 0 Å². The van der Waals surface area contributed by atoms with Crippen molar-refractivity contribution in [3.63, 3.8) is 0 Å². The third-order valence-corrected chi connectivity index (χ3v) is 1.10. The molecule has 5 heteroatoms. The zero-order valence-corrected chi connectivity index (χ0v) is 5.94. The highest BCUT2D eigenvalue weighted by Gasteiger charge is 1.97. The first kappa shape index (κ1) is 7.46. The second kappa shape index (κ2) is 2.96. The first-order valence-electron chi connectivity index (χ1n) is 3.01. The van der Waals surface area contributed by atoms with Gasteiger partial charge in [-0.2, -0.15) is 0 Å². The monoisotopic (exact) mass is 153 g/mol. The van der Waals surface area contributed by atoms with Crippen molar-refractivity contribution in [2.45, 2.75) is 6.92 Å². The number of hydrogen-bond acceptors (Lipinski definition) is 3. The van der Waals surface area contributed by atoms with Crippen molar-refractivity contribution < 1.29 is 5.03 Å². The molecule has 1 N–H and O–H groups in total. The highest BCUT2D eigenvalue weighted by molar-refractivity contribution is 5.39. The lowest BCUT2D eigenvalue weighted by Gasteiger charge is -1.95. The molecule has 0 aliphatic heterocycles. The zero-order valence-electron chi connectivity index (χ0n) is 5.94. The van der Waals surface area contributed by atoms with Crippen LogP contribution in [0.5, 0.6) is 0 Å². The Hall–Kier alpha value is -1.65. The van der Waals surface area contributed by atoms with Gasteiger partial charge in [0.2, 0.25) is 0 Å². The summed E-state index contributed by atoms with van der Waals surface area (Å²) in [5, 5.41) is 9.33. The van der Waals surface area contributed by atoms with Gasteiger partial charge in [0.1, 0.15) is 5.69 Å². The van der Waals surface area contributed by atoms with E-state index in [1.807, 2.05) is 12.3 Å². The number of rotatable bonds is 2. The summed E-state index contributed by atoms with van der Waals surface area (Å²) in [4.78, 5) is 13.7. The molecule has 11 heavy (non-hydrogen) atoms. The molecule has 1 aromatic rings. The van der Waals surface area contributed by atoms with Crippen LogP contribution in [0.15, 0.2) is 18.5 Å². The first-order valence-corrected chi connectivity index (χ1v) is 3.01. The van der Waals surface area contributed by atoms with Gasteiger partial charge in [0.15, 0.2) is 5.03 Å². The van der Waals surface area contributed by atoms with Crippen molar-refractivity contribution in [1.29, 1.82) is 0 Å². The molecule has 0 bridgehead atoms. The van der Waals surface area contributed by atoms with Gasteiger partial charge in [-0.25, -0.2) is 10.1 Å². The molecule has 1 aromatic heterocycles. The second-order valence-electron chi connectivity index (χ2n) is 2.12. The average molecular weight is 153 g/mol. The summed E-state index contributed by atoms with van der Waals surface area (Å²) in [5.41, 5.74) is 3.29. The maximum absolute atomic E-state index is 9.95. The number of anilines is 1. The van der Waals surface area contributed by atoms with Crippen LogP contribution in [-0.4, -0.2) is 10.0 Å². The molecule has 0 aromatic carbocycles. The number of aromatic nitrogens is 1. The standard InChI is InChI=1S/C6H7N3O2/c1-5-2-6(4-7-3-5)8-9(10)11/h2-4,8H,1H3. The fraction of sp³-hybridized carbons (Fsp3) is 0.167. The van der Waals surface area contributed by atoms with Crippen LogP contribution in [-0.2, 0) is 0 Å². The maximum atomic E-state index is 9.95. The number of aryl methyl sites for hydroxylation is 1. The largest absolute Gasteiger partial charge is 0.262 e. The number of nitrogens with zero attached hydrogens (tertiary/aromatic N) is 2. The van der Waals surface area contributed by atoms with E-state index in [0.29, 0.717) is 5.69 Å². The third-order valence-electron chi connectivity index (χ3n) is 1.10. The van der Waals surface area contributed by atoms with E-state index < -0.39 is 5.03 Å². The molecule has 1 heterocycles. The summed E-state index contributed by atoms with van der Waals surface area (Å²) < 4.78 is 0. The van der Waals surface area contributed by atoms with Crippen LogP contribution in [0.3, 0.4) is 0 Å². The van der Waals surface area contributed by atoms with Crippen molar-refractivity contribution in [3.8, 4) is 0 Å². The van der Waals surface area contributed by atoms with Gasteiger partial charge in [-0.05, 0) is 18.6 Å². The van der Waals surface area contributed by atoms with Gasteiger partial charge < -0.3 is 0 Å². The molecule has 0 amide bonds. The number of nitrogens with one attached hydrogen (secondary N) is 1. The maximum Gasteiger partial charge on any atom is 0.162 e. The Bertz CT molecular complexity index is 274. The van der Waals surface area contributed by atoms with E-state index in [1.54, 1.807) is 12.3 Å². The van der Waals surface area contributed by atoms with Gasteiger partial charge in [-0.1, -0.05) is 0 Å². The van der Waals surface area contributed by atoms with E-state index in [1.165, 1.54) is 6.20 Å². The Balaban J connectivity index is 2.79. The summed E-state index contributed by atoms with van der Waals surface area (Å²) in [6.45, 7) is 1.82. The van der Waals surface area contributed by atoms with Crippen LogP contribution < -0.4 is 5.43 Å². The van der Waals surface area contributed by atoms with Gasteiger partial charge >= 0.3 is 0 Å². The molecule has 0 spiro atoms. The second-order valence-corrected chi connectivity index (χ2v) is 2.12. The Morgan fingerprint density at radius 1 is 1.64 bits per heavy atom. The average Bonchev–Trinajstić information content (AvgIpc) is 1.85. The molecule has 0 atom stereocenters. The quantitative estimate of drug-likeness (QED) is 0.508. The van der Waals surface area contributed by atoms with Crippen LogP contribution in [0.4, 0.5) is 5.69 Å². The minimum Gasteiger partial charge on any atom is -0.262 e. The summed E-state index contributed by atoms with van der Waals surface area (Å²) in [7, 11) is 0. The molecule has 1 rings (SSSR count). The van der Waals surface area contributed by atoms with E-state index in [4.69, 9.17) is 0 Å². The number of hydrazine groups is 1. The molecule has 0 fully saturated rings. The van der Waals surface area contributed by atoms with Gasteiger partial charge in [0.05, 0.1) is 6.20 Å². The molecule has 0 unspecified atom stereocenters. The molecule has 58 valence electrons. The van der Waals surface area contributed by atoms with Gasteiger partial charge in [-0.15, -0.1) is 5.43 Å². The van der Waals surface area contributed by atoms with Gasteiger partial charge in [0.25, 0.3) is 0 Å². The predicted molar refractivity (Wildman–Crippen MR) is 39.6 cm³/mol. The molecular weight excluding hydrogens is 146 g/mol. The van der Waals surface area contributed by atoms with E-state index in [0.717, 1.165) is 5.56 Å². The van der Waals surface area contributed by atoms with E-state index in [9.17, 15) is 10.1 Å². The van der Waals surface area contributed by atoms with Crippen molar-refractivity contribution >= 4 is 5.69 Å². The minimum atomic E-state index is -0.615. The Labute approximate surface area is 63.2 Å².